The monoisotopic (exact) mass is 471 g/mol. The number of benzene rings is 1. The van der Waals surface area contributed by atoms with Gasteiger partial charge in [0.2, 0.25) is 5.78 Å². The number of carbonyl (C=O) groups is 3. The molecule has 2 rings (SSSR count). The highest BCUT2D eigenvalue weighted by Crippen LogP contribution is 2.29. The van der Waals surface area contributed by atoms with Crippen molar-refractivity contribution >= 4 is 23.8 Å². The highest BCUT2D eigenvalue weighted by Gasteiger charge is 2.23. The van der Waals surface area contributed by atoms with Crippen LogP contribution >= 0.6 is 0 Å². The number of ketones is 1. The van der Waals surface area contributed by atoms with Crippen LogP contribution in [0.25, 0.3) is 6.08 Å². The van der Waals surface area contributed by atoms with Gasteiger partial charge in [-0.25, -0.2) is 9.59 Å². The molecule has 1 heterocycles. The van der Waals surface area contributed by atoms with E-state index in [1.165, 1.54) is 6.08 Å². The van der Waals surface area contributed by atoms with Gasteiger partial charge in [0, 0.05) is 11.8 Å². The summed E-state index contributed by atoms with van der Waals surface area (Å²) in [5.41, 5.74) is 2.26. The number of aromatic nitrogens is 1. The molecule has 8 heteroatoms. The average Bonchev–Trinajstić information content (AvgIpc) is 3.11. The average molecular weight is 472 g/mol. The summed E-state index contributed by atoms with van der Waals surface area (Å²) < 4.78 is 21.5. The Balaban J connectivity index is 2.00. The normalized spacial score (nSPS) is 10.9. The highest BCUT2D eigenvalue weighted by molar-refractivity contribution is 6.03. The minimum absolute atomic E-state index is 0.220. The van der Waals surface area contributed by atoms with Crippen molar-refractivity contribution in [2.45, 2.75) is 47.5 Å². The molecule has 2 aromatic rings. The van der Waals surface area contributed by atoms with Gasteiger partial charge in [-0.2, -0.15) is 0 Å². The van der Waals surface area contributed by atoms with E-state index in [2.05, 4.69) is 11.9 Å². The van der Waals surface area contributed by atoms with Crippen LogP contribution in [0, 0.1) is 13.8 Å². The van der Waals surface area contributed by atoms with Gasteiger partial charge in [-0.1, -0.05) is 19.4 Å². The van der Waals surface area contributed by atoms with Gasteiger partial charge < -0.3 is 23.9 Å². The lowest BCUT2D eigenvalue weighted by Crippen LogP contribution is -2.14. The molecule has 0 unspecified atom stereocenters. The minimum atomic E-state index is -0.666. The van der Waals surface area contributed by atoms with E-state index in [0.717, 1.165) is 18.4 Å². The lowest BCUT2D eigenvalue weighted by Gasteiger charge is -2.12. The lowest BCUT2D eigenvalue weighted by molar-refractivity contribution is -0.136. The number of rotatable bonds is 13. The van der Waals surface area contributed by atoms with Crippen molar-refractivity contribution in [3.63, 3.8) is 0 Å². The molecule has 0 bridgehead atoms. The van der Waals surface area contributed by atoms with Crippen LogP contribution in [0.15, 0.2) is 24.3 Å². The first-order valence-electron chi connectivity index (χ1n) is 11.5. The van der Waals surface area contributed by atoms with E-state index in [4.69, 9.17) is 18.9 Å². The Hall–Kier alpha value is -3.55. The Bertz CT molecular complexity index is 1040. The Kier molecular flexibility index (Phi) is 10.4. The smallest absolute Gasteiger partial charge is 0.340 e. The molecule has 8 nitrogen and oxygen atoms in total. The number of aryl methyl sites for hydroxylation is 1. The molecule has 0 saturated heterocycles. The van der Waals surface area contributed by atoms with Crippen molar-refractivity contribution < 1.29 is 33.3 Å². The van der Waals surface area contributed by atoms with E-state index in [0.29, 0.717) is 41.5 Å². The van der Waals surface area contributed by atoms with E-state index in [1.807, 2.05) is 6.92 Å². The van der Waals surface area contributed by atoms with Crippen LogP contribution in [0.3, 0.4) is 0 Å². The Morgan fingerprint density at radius 1 is 0.971 bits per heavy atom. The van der Waals surface area contributed by atoms with Gasteiger partial charge in [0.15, 0.2) is 18.1 Å². The number of unbranched alkanes of at least 4 members (excludes halogenated alkanes) is 1. The number of carbonyl (C=O) groups excluding carboxylic acids is 3. The van der Waals surface area contributed by atoms with E-state index in [1.54, 1.807) is 45.0 Å². The maximum absolute atomic E-state index is 12.5. The third kappa shape index (κ3) is 7.23. The quantitative estimate of drug-likeness (QED) is 0.193. The summed E-state index contributed by atoms with van der Waals surface area (Å²) in [7, 11) is 0. The molecule has 1 N–H and O–H groups in total. The Morgan fingerprint density at radius 2 is 1.74 bits per heavy atom. The number of aromatic amines is 1. The number of Topliss-reactive ketones (excluding diaryl/α,β-unsaturated/α-hetero) is 1. The van der Waals surface area contributed by atoms with Crippen LogP contribution in [-0.4, -0.2) is 49.1 Å². The van der Waals surface area contributed by atoms with E-state index >= 15 is 0 Å². The number of nitrogens with one attached hydrogen (secondary N) is 1. The number of H-pyrrole nitrogens is 1. The molecule has 0 aliphatic heterocycles. The zero-order valence-corrected chi connectivity index (χ0v) is 20.5. The van der Waals surface area contributed by atoms with E-state index in [9.17, 15) is 14.4 Å². The SMILES string of the molecule is CCCCOc1ccc(/C=C/C(=O)OCC(=O)c2[nH]c(C)c(C(=O)OCC)c2C)cc1OCC. The summed E-state index contributed by atoms with van der Waals surface area (Å²) >= 11 is 0. The zero-order chi connectivity index (χ0) is 25.1. The largest absolute Gasteiger partial charge is 0.490 e. The number of hydrogen-bond acceptors (Lipinski definition) is 7. The topological polar surface area (TPSA) is 104 Å². The summed E-state index contributed by atoms with van der Waals surface area (Å²) in [4.78, 5) is 39.7. The van der Waals surface area contributed by atoms with Gasteiger partial charge in [0.25, 0.3) is 0 Å². The van der Waals surface area contributed by atoms with Gasteiger partial charge >= 0.3 is 11.9 Å². The fourth-order valence-corrected chi connectivity index (χ4v) is 3.30. The number of ether oxygens (including phenoxy) is 4. The van der Waals surface area contributed by atoms with Crippen LogP contribution in [0.1, 0.15) is 71.3 Å². The van der Waals surface area contributed by atoms with E-state index < -0.39 is 24.3 Å². The van der Waals surface area contributed by atoms with Gasteiger partial charge in [-0.15, -0.1) is 0 Å². The molecule has 184 valence electrons. The maximum atomic E-state index is 12.5. The summed E-state index contributed by atoms with van der Waals surface area (Å²) in [5.74, 6) is -0.356. The van der Waals surface area contributed by atoms with Gasteiger partial charge in [-0.05, 0) is 63.5 Å². The Labute approximate surface area is 200 Å². The summed E-state index contributed by atoms with van der Waals surface area (Å²) in [6, 6.07) is 5.38. The fourth-order valence-electron chi connectivity index (χ4n) is 3.30. The molecule has 1 aromatic carbocycles. The van der Waals surface area contributed by atoms with Crippen LogP contribution < -0.4 is 9.47 Å². The van der Waals surface area contributed by atoms with Crippen molar-refractivity contribution in [1.82, 2.24) is 4.98 Å². The van der Waals surface area contributed by atoms with Crippen molar-refractivity contribution in [2.75, 3.05) is 26.4 Å². The van der Waals surface area contributed by atoms with Gasteiger partial charge in [0.1, 0.15) is 0 Å². The van der Waals surface area contributed by atoms with Crippen molar-refractivity contribution in [2.24, 2.45) is 0 Å². The molecule has 0 spiro atoms. The van der Waals surface area contributed by atoms with Crippen LogP contribution in [-0.2, 0) is 14.3 Å². The standard InChI is InChI=1S/C26H33NO7/c1-6-9-14-33-21-12-10-19(15-22(21)31-7-2)11-13-23(29)34-16-20(28)25-17(4)24(18(5)27-25)26(30)32-8-3/h10-13,15,27H,6-9,14,16H2,1-5H3/b13-11+. The molecule has 0 fully saturated rings. The first-order chi connectivity index (χ1) is 16.3. The molecular weight excluding hydrogens is 438 g/mol. The molecule has 0 amide bonds. The second-order valence-electron chi connectivity index (χ2n) is 7.55. The number of hydrogen-bond donors (Lipinski definition) is 1. The van der Waals surface area contributed by atoms with Crippen molar-refractivity contribution in [3.05, 3.63) is 52.4 Å². The minimum Gasteiger partial charge on any atom is -0.490 e. The highest BCUT2D eigenvalue weighted by atomic mass is 16.5. The fraction of sp³-hybridized carbons (Fsp3) is 0.423. The molecule has 0 aliphatic rings. The molecular formula is C26H33NO7. The third-order valence-corrected chi connectivity index (χ3v) is 4.98. The summed E-state index contributed by atoms with van der Waals surface area (Å²) in [6.07, 6.45) is 4.80. The van der Waals surface area contributed by atoms with Crippen molar-refractivity contribution in [1.29, 1.82) is 0 Å². The lowest BCUT2D eigenvalue weighted by atomic mass is 10.1. The van der Waals surface area contributed by atoms with Crippen LogP contribution in [0.2, 0.25) is 0 Å². The molecule has 34 heavy (non-hydrogen) atoms. The molecule has 0 atom stereocenters. The zero-order valence-electron chi connectivity index (χ0n) is 20.5. The summed E-state index contributed by atoms with van der Waals surface area (Å²) in [5, 5.41) is 0. The first kappa shape index (κ1) is 26.7. The first-order valence-corrected chi connectivity index (χ1v) is 11.5. The number of esters is 2. The van der Waals surface area contributed by atoms with Crippen molar-refractivity contribution in [3.8, 4) is 11.5 Å². The van der Waals surface area contributed by atoms with Gasteiger partial charge in [0.05, 0.1) is 31.1 Å². The van der Waals surface area contributed by atoms with Crippen LogP contribution in [0.5, 0.6) is 11.5 Å². The predicted molar refractivity (Wildman–Crippen MR) is 129 cm³/mol. The molecule has 1 aromatic heterocycles. The maximum Gasteiger partial charge on any atom is 0.340 e. The molecule has 0 saturated carbocycles. The third-order valence-electron chi connectivity index (χ3n) is 4.98. The molecule has 0 aliphatic carbocycles. The van der Waals surface area contributed by atoms with Crippen LogP contribution in [0.4, 0.5) is 0 Å². The molecule has 0 radical (unpaired) electrons. The predicted octanol–water partition coefficient (Wildman–Crippen LogP) is 4.83. The van der Waals surface area contributed by atoms with E-state index in [-0.39, 0.29) is 12.3 Å². The second-order valence-corrected chi connectivity index (χ2v) is 7.55. The second kappa shape index (κ2) is 13.2. The Morgan fingerprint density at radius 3 is 2.41 bits per heavy atom. The van der Waals surface area contributed by atoms with Gasteiger partial charge in [-0.3, -0.25) is 4.79 Å². The summed E-state index contributed by atoms with van der Waals surface area (Å²) in [6.45, 7) is 9.88.